The van der Waals surface area contributed by atoms with Crippen molar-refractivity contribution in [2.45, 2.75) is 18.4 Å². The molecule has 2 aromatic carbocycles. The molecule has 0 bridgehead atoms. The zero-order valence-corrected chi connectivity index (χ0v) is 21.2. The number of carbonyl (C=O) groups excluding carboxylic acids is 1. The van der Waals surface area contributed by atoms with E-state index in [0.717, 1.165) is 0 Å². The van der Waals surface area contributed by atoms with Crippen molar-refractivity contribution in [1.29, 1.82) is 0 Å². The first-order valence-electron chi connectivity index (χ1n) is 11.7. The van der Waals surface area contributed by atoms with Gasteiger partial charge < -0.3 is 34.5 Å². The summed E-state index contributed by atoms with van der Waals surface area (Å²) in [5.41, 5.74) is 0.406. The van der Waals surface area contributed by atoms with Crippen LogP contribution in [0.4, 0.5) is 4.79 Å². The minimum absolute atomic E-state index is 0.0140. The van der Waals surface area contributed by atoms with Crippen molar-refractivity contribution in [2.24, 2.45) is 0 Å². The smallest absolute Gasteiger partial charge is 0.415 e. The van der Waals surface area contributed by atoms with Crippen LogP contribution < -0.4 is 15.5 Å². The van der Waals surface area contributed by atoms with E-state index in [0.29, 0.717) is 48.7 Å². The van der Waals surface area contributed by atoms with Crippen LogP contribution in [0.1, 0.15) is 17.9 Å². The van der Waals surface area contributed by atoms with Crippen LogP contribution in [-0.2, 0) is 0 Å². The van der Waals surface area contributed by atoms with E-state index in [1.807, 2.05) is 11.9 Å². The molecule has 1 saturated heterocycles. The number of fused-ring (bicyclic) bond motifs is 1. The van der Waals surface area contributed by atoms with Crippen LogP contribution in [0.5, 0.6) is 11.5 Å². The van der Waals surface area contributed by atoms with Crippen molar-refractivity contribution < 1.29 is 24.2 Å². The highest BCUT2D eigenvalue weighted by Crippen LogP contribution is 2.43. The molecule has 1 amide bonds. The molecule has 0 radical (unpaired) electrons. The SMILES string of the molecule is CNCCN(C)C(=O)Oc1cc(O)c([C@H]2CCN(C)C[C@H]2O)c2oc(-c3ccccc3Cl)cc(=O)c12. The number of nitrogens with one attached hydrogen (secondary N) is 1. The van der Waals surface area contributed by atoms with Crippen molar-refractivity contribution in [2.75, 3.05) is 47.3 Å². The van der Waals surface area contributed by atoms with E-state index in [-0.39, 0.29) is 28.2 Å². The summed E-state index contributed by atoms with van der Waals surface area (Å²) in [4.78, 5) is 29.5. The fraction of sp³-hybridized carbons (Fsp3) is 0.385. The number of rotatable bonds is 6. The molecule has 36 heavy (non-hydrogen) atoms. The standard InChI is InChI=1S/C26H30ClN3O6/c1-28-9-11-30(3)26(34)36-22-13-18(31)23(16-8-10-29(2)14-20(16)33)25-24(22)19(32)12-21(35-25)15-6-4-5-7-17(15)27/h4-7,12-13,16,20,28,31,33H,8-11,14H2,1-3H3/t16-,20+/m0/s1. The number of phenols is 1. The highest BCUT2D eigenvalue weighted by molar-refractivity contribution is 6.33. The predicted molar refractivity (Wildman–Crippen MR) is 138 cm³/mol. The summed E-state index contributed by atoms with van der Waals surface area (Å²) in [5.74, 6) is -0.627. The Labute approximate surface area is 213 Å². The second-order valence-corrected chi connectivity index (χ2v) is 9.49. The highest BCUT2D eigenvalue weighted by atomic mass is 35.5. The van der Waals surface area contributed by atoms with E-state index in [9.17, 15) is 19.8 Å². The largest absolute Gasteiger partial charge is 0.507 e. The van der Waals surface area contributed by atoms with Gasteiger partial charge >= 0.3 is 6.09 Å². The van der Waals surface area contributed by atoms with Crippen molar-refractivity contribution in [3.8, 4) is 22.8 Å². The molecule has 1 aliphatic heterocycles. The Kier molecular flexibility index (Phi) is 7.85. The minimum atomic E-state index is -0.798. The van der Waals surface area contributed by atoms with Gasteiger partial charge in [-0.25, -0.2) is 4.79 Å². The van der Waals surface area contributed by atoms with Gasteiger partial charge in [0.2, 0.25) is 0 Å². The monoisotopic (exact) mass is 515 g/mol. The Morgan fingerprint density at radius 1 is 1.33 bits per heavy atom. The van der Waals surface area contributed by atoms with Crippen molar-refractivity contribution in [3.05, 3.63) is 57.2 Å². The zero-order valence-electron chi connectivity index (χ0n) is 20.5. The number of carbonyl (C=O) groups is 1. The van der Waals surface area contributed by atoms with E-state index >= 15 is 0 Å². The first kappa shape index (κ1) is 26.0. The van der Waals surface area contributed by atoms with Crippen LogP contribution in [-0.4, -0.2) is 79.5 Å². The first-order chi connectivity index (χ1) is 17.2. The zero-order chi connectivity index (χ0) is 26.0. The number of amides is 1. The van der Waals surface area contributed by atoms with Crippen LogP contribution in [0.3, 0.4) is 0 Å². The van der Waals surface area contributed by atoms with Gasteiger partial charge in [0, 0.05) is 55.9 Å². The Hall–Kier alpha value is -3.11. The molecule has 9 nitrogen and oxygen atoms in total. The normalized spacial score (nSPS) is 18.4. The van der Waals surface area contributed by atoms with E-state index in [1.54, 1.807) is 38.4 Å². The number of halogens is 1. The van der Waals surface area contributed by atoms with Crippen LogP contribution in [0.15, 0.2) is 45.6 Å². The minimum Gasteiger partial charge on any atom is -0.507 e. The number of likely N-dealkylation sites (tertiary alicyclic amines) is 1. The Morgan fingerprint density at radius 2 is 2.08 bits per heavy atom. The molecule has 2 heterocycles. The average Bonchev–Trinajstić information content (AvgIpc) is 2.83. The van der Waals surface area contributed by atoms with Gasteiger partial charge in [-0.05, 0) is 39.2 Å². The molecule has 2 atom stereocenters. The number of aromatic hydroxyl groups is 1. The lowest BCUT2D eigenvalue weighted by molar-refractivity contribution is 0.0630. The van der Waals surface area contributed by atoms with Gasteiger partial charge in [-0.1, -0.05) is 23.7 Å². The molecule has 0 aliphatic carbocycles. The fourth-order valence-electron chi connectivity index (χ4n) is 4.51. The van der Waals surface area contributed by atoms with Crippen molar-refractivity contribution >= 4 is 28.7 Å². The molecule has 3 aromatic rings. The highest BCUT2D eigenvalue weighted by Gasteiger charge is 2.33. The van der Waals surface area contributed by atoms with Crippen LogP contribution in [0.2, 0.25) is 5.02 Å². The summed E-state index contributed by atoms with van der Waals surface area (Å²) < 4.78 is 11.8. The molecule has 1 fully saturated rings. The summed E-state index contributed by atoms with van der Waals surface area (Å²) in [5, 5.41) is 25.3. The maximum absolute atomic E-state index is 13.4. The second kappa shape index (κ2) is 10.9. The molecule has 0 saturated carbocycles. The number of hydrogen-bond donors (Lipinski definition) is 3. The number of β-amino-alcohol motifs (C(OH)–C–C–N with tert-alkyl or cyclic N) is 1. The lowest BCUT2D eigenvalue weighted by Crippen LogP contribution is -2.40. The third-order valence-corrected chi connectivity index (χ3v) is 6.81. The maximum atomic E-state index is 13.4. The number of benzene rings is 2. The van der Waals surface area contributed by atoms with Gasteiger partial charge in [0.25, 0.3) is 0 Å². The lowest BCUT2D eigenvalue weighted by atomic mass is 9.85. The van der Waals surface area contributed by atoms with E-state index in [2.05, 4.69) is 5.32 Å². The van der Waals surface area contributed by atoms with Gasteiger partial charge in [0.1, 0.15) is 22.5 Å². The lowest BCUT2D eigenvalue weighted by Gasteiger charge is -2.34. The van der Waals surface area contributed by atoms with Crippen LogP contribution in [0.25, 0.3) is 22.3 Å². The average molecular weight is 516 g/mol. The van der Waals surface area contributed by atoms with E-state index in [1.165, 1.54) is 17.0 Å². The van der Waals surface area contributed by atoms with Crippen molar-refractivity contribution in [3.63, 3.8) is 0 Å². The number of aliphatic hydroxyl groups is 1. The van der Waals surface area contributed by atoms with Crippen molar-refractivity contribution in [1.82, 2.24) is 15.1 Å². The number of piperidine rings is 1. The topological polar surface area (TPSA) is 115 Å². The Balaban J connectivity index is 1.91. The van der Waals surface area contributed by atoms with Gasteiger partial charge in [-0.15, -0.1) is 0 Å². The molecule has 1 aliphatic rings. The molecule has 1 aromatic heterocycles. The summed E-state index contributed by atoms with van der Waals surface area (Å²) >= 11 is 6.36. The number of likely N-dealkylation sites (N-methyl/N-ethyl adjacent to an activating group) is 3. The summed E-state index contributed by atoms with van der Waals surface area (Å²) in [6, 6.07) is 9.47. The third kappa shape index (κ3) is 5.19. The van der Waals surface area contributed by atoms with Gasteiger partial charge in [0.05, 0.1) is 11.1 Å². The summed E-state index contributed by atoms with van der Waals surface area (Å²) in [6.45, 7) is 2.01. The van der Waals surface area contributed by atoms with E-state index in [4.69, 9.17) is 20.8 Å². The molecule has 0 spiro atoms. The summed E-state index contributed by atoms with van der Waals surface area (Å²) in [6.07, 6.45) is -0.951. The second-order valence-electron chi connectivity index (χ2n) is 9.08. The quantitative estimate of drug-likeness (QED) is 0.458. The first-order valence-corrected chi connectivity index (χ1v) is 12.1. The molecular weight excluding hydrogens is 486 g/mol. The molecule has 4 rings (SSSR count). The number of hydrogen-bond acceptors (Lipinski definition) is 8. The van der Waals surface area contributed by atoms with E-state index < -0.39 is 23.5 Å². The number of ether oxygens (including phenoxy) is 1. The molecule has 10 heteroatoms. The number of phenolic OH excluding ortho intramolecular Hbond substituents is 1. The van der Waals surface area contributed by atoms with Gasteiger partial charge in [0.15, 0.2) is 11.2 Å². The molecular formula is C26H30ClN3O6. The third-order valence-electron chi connectivity index (χ3n) is 6.48. The summed E-state index contributed by atoms with van der Waals surface area (Å²) in [7, 11) is 5.24. The van der Waals surface area contributed by atoms with Gasteiger partial charge in [-0.2, -0.15) is 0 Å². The molecule has 192 valence electrons. The number of nitrogens with zero attached hydrogens (tertiary/aromatic N) is 2. The molecule has 3 N–H and O–H groups in total. The van der Waals surface area contributed by atoms with Crippen LogP contribution in [0, 0.1) is 0 Å². The Bertz CT molecular complexity index is 1330. The number of aliphatic hydroxyl groups excluding tert-OH is 1. The fourth-order valence-corrected chi connectivity index (χ4v) is 4.74. The Morgan fingerprint density at radius 3 is 2.78 bits per heavy atom. The van der Waals surface area contributed by atoms with Gasteiger partial charge in [-0.3, -0.25) is 4.79 Å². The molecule has 0 unspecified atom stereocenters. The van der Waals surface area contributed by atoms with Crippen LogP contribution >= 0.6 is 11.6 Å². The predicted octanol–water partition coefficient (Wildman–Crippen LogP) is 3.25. The maximum Gasteiger partial charge on any atom is 0.415 e.